The Hall–Kier alpha value is -0.250. The second-order valence-corrected chi connectivity index (χ2v) is 3.19. The number of halogens is 3. The Morgan fingerprint density at radius 3 is 2.09 bits per heavy atom. The largest absolute Gasteiger partial charge is 0.390 e. The Labute approximate surface area is 63.2 Å². The molecule has 0 bridgehead atoms. The van der Waals surface area contributed by atoms with E-state index >= 15 is 0 Å². The Morgan fingerprint density at radius 1 is 1.27 bits per heavy atom. The predicted octanol–water partition coefficient (Wildman–Crippen LogP) is 2.24. The summed E-state index contributed by atoms with van der Waals surface area (Å²) in [6, 6.07) is 0. The third-order valence-corrected chi connectivity index (χ3v) is 2.16. The molecule has 1 N–H and O–H groups in total. The van der Waals surface area contributed by atoms with Gasteiger partial charge >= 0.3 is 6.18 Å². The van der Waals surface area contributed by atoms with E-state index in [1.165, 1.54) is 0 Å². The van der Waals surface area contributed by atoms with E-state index in [9.17, 15) is 18.3 Å². The van der Waals surface area contributed by atoms with Crippen LogP contribution in [-0.2, 0) is 0 Å². The maximum atomic E-state index is 11.6. The van der Waals surface area contributed by atoms with E-state index in [4.69, 9.17) is 0 Å². The fourth-order valence-electron chi connectivity index (χ4n) is 1.21. The molecule has 0 amide bonds. The molecule has 4 heteroatoms. The lowest BCUT2D eigenvalue weighted by atomic mass is 9.77. The monoisotopic (exact) mass is 168 g/mol. The summed E-state index contributed by atoms with van der Waals surface area (Å²) in [5.74, 6) is 0. The van der Waals surface area contributed by atoms with Gasteiger partial charge in [-0.1, -0.05) is 0 Å². The number of alkyl halides is 3. The van der Waals surface area contributed by atoms with Gasteiger partial charge in [0.15, 0.2) is 0 Å². The van der Waals surface area contributed by atoms with Gasteiger partial charge < -0.3 is 5.11 Å². The van der Waals surface area contributed by atoms with E-state index in [0.717, 1.165) is 6.42 Å². The van der Waals surface area contributed by atoms with Crippen molar-refractivity contribution in [1.29, 1.82) is 0 Å². The van der Waals surface area contributed by atoms with Gasteiger partial charge in [-0.2, -0.15) is 13.2 Å². The van der Waals surface area contributed by atoms with Gasteiger partial charge in [0.05, 0.1) is 5.60 Å². The molecule has 0 aromatic rings. The van der Waals surface area contributed by atoms with Crippen LogP contribution >= 0.6 is 0 Å². The van der Waals surface area contributed by atoms with Crippen molar-refractivity contribution in [1.82, 2.24) is 0 Å². The van der Waals surface area contributed by atoms with Gasteiger partial charge in [-0.25, -0.2) is 0 Å². The predicted molar refractivity (Wildman–Crippen MR) is 34.1 cm³/mol. The average Bonchev–Trinajstić information content (AvgIpc) is 1.77. The maximum Gasteiger partial charge on any atom is 0.389 e. The zero-order chi connectivity index (χ0) is 8.54. The van der Waals surface area contributed by atoms with Gasteiger partial charge in [-0.15, -0.1) is 0 Å². The average molecular weight is 168 g/mol. The summed E-state index contributed by atoms with van der Waals surface area (Å²) < 4.78 is 34.9. The molecular weight excluding hydrogens is 157 g/mol. The number of hydrogen-bond acceptors (Lipinski definition) is 1. The van der Waals surface area contributed by atoms with Crippen molar-refractivity contribution < 1.29 is 18.3 Å². The molecule has 0 heterocycles. The molecule has 0 saturated heterocycles. The van der Waals surface area contributed by atoms with Crippen LogP contribution in [0.1, 0.15) is 32.1 Å². The van der Waals surface area contributed by atoms with E-state index in [1.807, 2.05) is 0 Å². The Kier molecular flexibility index (Phi) is 2.14. The highest BCUT2D eigenvalue weighted by molar-refractivity contribution is 4.87. The van der Waals surface area contributed by atoms with E-state index in [-0.39, 0.29) is 6.42 Å². The Morgan fingerprint density at radius 2 is 1.82 bits per heavy atom. The van der Waals surface area contributed by atoms with Crippen LogP contribution in [0.25, 0.3) is 0 Å². The normalized spacial score (nSPS) is 22.9. The molecule has 0 atom stereocenters. The molecular formula is C7H11F3O. The van der Waals surface area contributed by atoms with Crippen LogP contribution in [0, 0.1) is 0 Å². The highest BCUT2D eigenvalue weighted by Crippen LogP contribution is 2.38. The zero-order valence-electron chi connectivity index (χ0n) is 6.12. The topological polar surface area (TPSA) is 20.2 Å². The molecule has 0 spiro atoms. The third kappa shape index (κ3) is 2.69. The first-order chi connectivity index (χ1) is 4.91. The molecule has 0 aromatic carbocycles. The lowest BCUT2D eigenvalue weighted by molar-refractivity contribution is -0.154. The van der Waals surface area contributed by atoms with Crippen LogP contribution in [0.3, 0.4) is 0 Å². The van der Waals surface area contributed by atoms with Crippen LogP contribution in [0.5, 0.6) is 0 Å². The summed E-state index contributed by atoms with van der Waals surface area (Å²) in [6.07, 6.45) is -3.19. The van der Waals surface area contributed by atoms with Crippen molar-refractivity contribution in [2.75, 3.05) is 0 Å². The minimum Gasteiger partial charge on any atom is -0.390 e. The summed E-state index contributed by atoms with van der Waals surface area (Å²) in [5.41, 5.74) is -0.991. The molecule has 66 valence electrons. The van der Waals surface area contributed by atoms with Crippen LogP contribution < -0.4 is 0 Å². The first-order valence-corrected chi connectivity index (χ1v) is 3.70. The summed E-state index contributed by atoms with van der Waals surface area (Å²) in [7, 11) is 0. The fourth-order valence-corrected chi connectivity index (χ4v) is 1.21. The van der Waals surface area contributed by atoms with E-state index in [1.54, 1.807) is 0 Å². The second kappa shape index (κ2) is 2.66. The van der Waals surface area contributed by atoms with Gasteiger partial charge in [0.2, 0.25) is 0 Å². The van der Waals surface area contributed by atoms with Crippen molar-refractivity contribution in [2.24, 2.45) is 0 Å². The molecule has 0 aromatic heterocycles. The van der Waals surface area contributed by atoms with Gasteiger partial charge in [0, 0.05) is 6.42 Å². The van der Waals surface area contributed by atoms with Crippen molar-refractivity contribution in [3.05, 3.63) is 0 Å². The molecule has 1 saturated carbocycles. The molecule has 11 heavy (non-hydrogen) atoms. The smallest absolute Gasteiger partial charge is 0.389 e. The molecule has 1 rings (SSSR count). The highest BCUT2D eigenvalue weighted by atomic mass is 19.4. The van der Waals surface area contributed by atoms with Crippen molar-refractivity contribution in [3.63, 3.8) is 0 Å². The standard InChI is InChI=1S/C7H11F3O/c8-7(9,10)5-4-6(11)2-1-3-6/h11H,1-5H2. The lowest BCUT2D eigenvalue weighted by Crippen LogP contribution is -2.37. The van der Waals surface area contributed by atoms with E-state index < -0.39 is 18.2 Å². The van der Waals surface area contributed by atoms with Gasteiger partial charge in [0.25, 0.3) is 0 Å². The number of hydrogen-bond donors (Lipinski definition) is 1. The summed E-state index contributed by atoms with van der Waals surface area (Å²) >= 11 is 0. The molecule has 1 fully saturated rings. The van der Waals surface area contributed by atoms with Gasteiger partial charge in [-0.3, -0.25) is 0 Å². The van der Waals surface area contributed by atoms with Gasteiger partial charge in [-0.05, 0) is 25.7 Å². The summed E-state index contributed by atoms with van der Waals surface area (Å²) in [6.45, 7) is 0. The lowest BCUT2D eigenvalue weighted by Gasteiger charge is -2.36. The second-order valence-electron chi connectivity index (χ2n) is 3.19. The first-order valence-electron chi connectivity index (χ1n) is 3.70. The summed E-state index contributed by atoms with van der Waals surface area (Å²) in [4.78, 5) is 0. The van der Waals surface area contributed by atoms with Crippen LogP contribution in [0.2, 0.25) is 0 Å². The Bertz CT molecular complexity index is 137. The molecule has 0 unspecified atom stereocenters. The SMILES string of the molecule is OC1(CCC(F)(F)F)CCC1. The quantitative estimate of drug-likeness (QED) is 0.670. The molecule has 1 nitrogen and oxygen atoms in total. The van der Waals surface area contributed by atoms with Crippen LogP contribution in [-0.4, -0.2) is 16.9 Å². The van der Waals surface area contributed by atoms with Crippen molar-refractivity contribution in [2.45, 2.75) is 43.9 Å². The minimum absolute atomic E-state index is 0.128. The van der Waals surface area contributed by atoms with Crippen LogP contribution in [0.15, 0.2) is 0 Å². The highest BCUT2D eigenvalue weighted by Gasteiger charge is 2.38. The third-order valence-electron chi connectivity index (χ3n) is 2.16. The zero-order valence-corrected chi connectivity index (χ0v) is 6.12. The van der Waals surface area contributed by atoms with E-state index in [2.05, 4.69) is 0 Å². The molecule has 1 aliphatic carbocycles. The Balaban J connectivity index is 2.21. The number of rotatable bonds is 2. The minimum atomic E-state index is -4.12. The number of aliphatic hydroxyl groups is 1. The first kappa shape index (κ1) is 8.84. The van der Waals surface area contributed by atoms with Crippen molar-refractivity contribution >= 4 is 0 Å². The van der Waals surface area contributed by atoms with Gasteiger partial charge in [0.1, 0.15) is 0 Å². The molecule has 0 aliphatic heterocycles. The van der Waals surface area contributed by atoms with E-state index in [0.29, 0.717) is 12.8 Å². The fraction of sp³-hybridized carbons (Fsp3) is 1.00. The molecule has 0 radical (unpaired) electrons. The molecule has 1 aliphatic rings. The summed E-state index contributed by atoms with van der Waals surface area (Å²) in [5, 5.41) is 9.27. The van der Waals surface area contributed by atoms with Crippen LogP contribution in [0.4, 0.5) is 13.2 Å². The van der Waals surface area contributed by atoms with Crippen molar-refractivity contribution in [3.8, 4) is 0 Å². The maximum absolute atomic E-state index is 11.6.